The molecular formula is C23H27IN6O. The van der Waals surface area contributed by atoms with Gasteiger partial charge in [-0.15, -0.1) is 0 Å². The minimum Gasteiger partial charge on any atom is -0.356 e. The van der Waals surface area contributed by atoms with Gasteiger partial charge in [0.25, 0.3) is 0 Å². The third-order valence-electron chi connectivity index (χ3n) is 7.45. The van der Waals surface area contributed by atoms with Crippen molar-refractivity contribution < 1.29 is 4.74 Å². The monoisotopic (exact) mass is 530 g/mol. The Labute approximate surface area is 195 Å². The standard InChI is InChI=1S/C23H27IN6O/c24-21-19-22(30(28-21)18-7-3-4-12-31-18)27-17(14-26-19)29-10-8-23(9-11-29)13-15-5-1-2-6-16(15)20(23)25/h1-2,5-6,14,18,20H,3-4,7-13,25H2/t18?,20-/m1/s1. The summed E-state index contributed by atoms with van der Waals surface area (Å²) in [7, 11) is 0. The van der Waals surface area contributed by atoms with Gasteiger partial charge in [0, 0.05) is 25.7 Å². The predicted octanol–water partition coefficient (Wildman–Crippen LogP) is 3.97. The van der Waals surface area contributed by atoms with Gasteiger partial charge in [0.1, 0.15) is 11.3 Å². The van der Waals surface area contributed by atoms with Crippen molar-refractivity contribution in [1.29, 1.82) is 0 Å². The van der Waals surface area contributed by atoms with Gasteiger partial charge in [0.05, 0.1) is 6.20 Å². The molecule has 0 saturated carbocycles. The summed E-state index contributed by atoms with van der Waals surface area (Å²) < 4.78 is 8.81. The molecule has 2 aromatic heterocycles. The third-order valence-corrected chi connectivity index (χ3v) is 8.18. The number of ether oxygens (including phenoxy) is 1. The van der Waals surface area contributed by atoms with Gasteiger partial charge in [-0.1, -0.05) is 24.3 Å². The lowest BCUT2D eigenvalue weighted by molar-refractivity contribution is -0.0372. The molecule has 6 rings (SSSR count). The molecule has 2 aliphatic heterocycles. The molecule has 2 atom stereocenters. The second kappa shape index (κ2) is 7.67. The van der Waals surface area contributed by atoms with Gasteiger partial charge < -0.3 is 15.4 Å². The van der Waals surface area contributed by atoms with Crippen LogP contribution < -0.4 is 10.6 Å². The van der Waals surface area contributed by atoms with Gasteiger partial charge in [-0.2, -0.15) is 5.10 Å². The molecule has 0 amide bonds. The molecule has 1 aliphatic carbocycles. The number of benzene rings is 1. The Morgan fingerprint density at radius 3 is 2.77 bits per heavy atom. The number of halogens is 1. The molecular weight excluding hydrogens is 503 g/mol. The molecule has 3 aromatic rings. The lowest BCUT2D eigenvalue weighted by Crippen LogP contribution is -2.44. The van der Waals surface area contributed by atoms with Gasteiger partial charge >= 0.3 is 0 Å². The molecule has 1 aromatic carbocycles. The first-order valence-electron chi connectivity index (χ1n) is 11.3. The molecule has 2 N–H and O–H groups in total. The summed E-state index contributed by atoms with van der Waals surface area (Å²) in [6, 6.07) is 8.82. The van der Waals surface area contributed by atoms with Crippen molar-refractivity contribution in [2.45, 2.75) is 50.8 Å². The molecule has 7 nitrogen and oxygen atoms in total. The van der Waals surface area contributed by atoms with Gasteiger partial charge in [-0.05, 0) is 77.7 Å². The molecule has 8 heteroatoms. The van der Waals surface area contributed by atoms with Crippen LogP contribution in [0.15, 0.2) is 30.5 Å². The van der Waals surface area contributed by atoms with E-state index in [9.17, 15) is 0 Å². The van der Waals surface area contributed by atoms with Gasteiger partial charge in [0.15, 0.2) is 15.6 Å². The van der Waals surface area contributed by atoms with Crippen LogP contribution in [-0.4, -0.2) is 39.4 Å². The molecule has 162 valence electrons. The number of hydrogen-bond donors (Lipinski definition) is 1. The van der Waals surface area contributed by atoms with Crippen LogP contribution >= 0.6 is 22.6 Å². The smallest absolute Gasteiger partial charge is 0.182 e. The van der Waals surface area contributed by atoms with Crippen molar-refractivity contribution in [3.05, 3.63) is 45.3 Å². The summed E-state index contributed by atoms with van der Waals surface area (Å²) in [5, 5.41) is 4.71. The van der Waals surface area contributed by atoms with Crippen LogP contribution in [0.2, 0.25) is 0 Å². The number of anilines is 1. The average Bonchev–Trinajstić information content (AvgIpc) is 3.29. The van der Waals surface area contributed by atoms with Crippen molar-refractivity contribution in [3.63, 3.8) is 0 Å². The summed E-state index contributed by atoms with van der Waals surface area (Å²) in [4.78, 5) is 12.1. The fourth-order valence-electron chi connectivity index (χ4n) is 5.62. The van der Waals surface area contributed by atoms with Gasteiger partial charge in [-0.3, -0.25) is 0 Å². The minimum absolute atomic E-state index is 0.0380. The van der Waals surface area contributed by atoms with Crippen LogP contribution in [0.5, 0.6) is 0 Å². The molecule has 1 spiro atoms. The van der Waals surface area contributed by atoms with E-state index < -0.39 is 0 Å². The zero-order valence-electron chi connectivity index (χ0n) is 17.5. The van der Waals surface area contributed by atoms with Gasteiger partial charge in [0.2, 0.25) is 0 Å². The van der Waals surface area contributed by atoms with E-state index >= 15 is 0 Å². The number of hydrogen-bond acceptors (Lipinski definition) is 6. The lowest BCUT2D eigenvalue weighted by atomic mass is 9.73. The molecule has 1 unspecified atom stereocenters. The summed E-state index contributed by atoms with van der Waals surface area (Å²) >= 11 is 2.25. The Hall–Kier alpha value is -1.78. The second-order valence-electron chi connectivity index (χ2n) is 9.16. The lowest BCUT2D eigenvalue weighted by Gasteiger charge is -2.42. The quantitative estimate of drug-likeness (QED) is 0.505. The molecule has 3 aliphatic rings. The fourth-order valence-corrected chi connectivity index (χ4v) is 6.23. The molecule has 2 fully saturated rings. The first kappa shape index (κ1) is 19.9. The molecule has 2 saturated heterocycles. The number of piperidine rings is 1. The Morgan fingerprint density at radius 2 is 2.00 bits per heavy atom. The van der Waals surface area contributed by atoms with Crippen LogP contribution in [0, 0.1) is 9.12 Å². The second-order valence-corrected chi connectivity index (χ2v) is 10.2. The molecule has 0 radical (unpaired) electrons. The van der Waals surface area contributed by atoms with Crippen molar-refractivity contribution >= 4 is 39.6 Å². The maximum atomic E-state index is 6.75. The predicted molar refractivity (Wildman–Crippen MR) is 128 cm³/mol. The summed E-state index contributed by atoms with van der Waals surface area (Å²) in [6.45, 7) is 2.69. The number of rotatable bonds is 2. The van der Waals surface area contributed by atoms with E-state index in [0.717, 1.165) is 78.9 Å². The van der Waals surface area contributed by atoms with Crippen LogP contribution in [0.4, 0.5) is 5.82 Å². The van der Waals surface area contributed by atoms with Crippen LogP contribution in [0.25, 0.3) is 11.2 Å². The number of nitrogens with two attached hydrogens (primary N) is 1. The number of fused-ring (bicyclic) bond motifs is 2. The Morgan fingerprint density at radius 1 is 1.16 bits per heavy atom. The summed E-state index contributed by atoms with van der Waals surface area (Å²) in [6.07, 6.45) is 8.35. The van der Waals surface area contributed by atoms with E-state index in [-0.39, 0.29) is 17.7 Å². The number of nitrogens with zero attached hydrogens (tertiary/aromatic N) is 5. The maximum Gasteiger partial charge on any atom is 0.182 e. The maximum absolute atomic E-state index is 6.75. The van der Waals surface area contributed by atoms with Crippen LogP contribution in [0.1, 0.15) is 55.5 Å². The zero-order valence-corrected chi connectivity index (χ0v) is 19.7. The topological polar surface area (TPSA) is 82.1 Å². The minimum atomic E-state index is -0.0380. The van der Waals surface area contributed by atoms with Crippen LogP contribution in [0.3, 0.4) is 0 Å². The van der Waals surface area contributed by atoms with E-state index in [1.807, 2.05) is 10.9 Å². The Balaban J connectivity index is 1.25. The Kier molecular flexibility index (Phi) is 4.92. The highest BCUT2D eigenvalue weighted by atomic mass is 127. The zero-order chi connectivity index (χ0) is 21.0. The van der Waals surface area contributed by atoms with Crippen molar-refractivity contribution in [1.82, 2.24) is 19.7 Å². The van der Waals surface area contributed by atoms with E-state index in [1.54, 1.807) is 0 Å². The highest BCUT2D eigenvalue weighted by molar-refractivity contribution is 14.1. The number of aromatic nitrogens is 4. The first-order chi connectivity index (χ1) is 15.1. The van der Waals surface area contributed by atoms with Crippen LogP contribution in [-0.2, 0) is 11.2 Å². The average molecular weight is 530 g/mol. The Bertz CT molecular complexity index is 1120. The SMILES string of the molecule is N[C@@H]1c2ccccc2CC12CCN(c1cnc3c(I)nn(C4CCCCO4)c3n1)CC2. The molecule has 0 bridgehead atoms. The fraction of sp³-hybridized carbons (Fsp3) is 0.522. The highest BCUT2D eigenvalue weighted by Crippen LogP contribution is 2.50. The van der Waals surface area contributed by atoms with E-state index in [0.29, 0.717) is 0 Å². The molecule has 4 heterocycles. The van der Waals surface area contributed by atoms with Crippen molar-refractivity contribution in [2.24, 2.45) is 11.1 Å². The molecule has 31 heavy (non-hydrogen) atoms. The highest BCUT2D eigenvalue weighted by Gasteiger charge is 2.46. The van der Waals surface area contributed by atoms with Crippen molar-refractivity contribution in [2.75, 3.05) is 24.6 Å². The van der Waals surface area contributed by atoms with E-state index in [1.165, 1.54) is 11.1 Å². The van der Waals surface area contributed by atoms with Gasteiger partial charge in [-0.25, -0.2) is 14.6 Å². The normalized spacial score (nSPS) is 25.3. The van der Waals surface area contributed by atoms with Crippen molar-refractivity contribution in [3.8, 4) is 0 Å². The first-order valence-corrected chi connectivity index (χ1v) is 12.3. The van der Waals surface area contributed by atoms with E-state index in [4.69, 9.17) is 25.5 Å². The third kappa shape index (κ3) is 3.25. The largest absolute Gasteiger partial charge is 0.356 e. The summed E-state index contributed by atoms with van der Waals surface area (Å²) in [5.74, 6) is 0.930. The summed E-state index contributed by atoms with van der Waals surface area (Å²) in [5.41, 5.74) is 11.4. The van der Waals surface area contributed by atoms with E-state index in [2.05, 4.69) is 51.8 Å².